The Kier molecular flexibility index (Phi) is 6.86. The van der Waals surface area contributed by atoms with Crippen molar-refractivity contribution in [1.29, 1.82) is 0 Å². The largest absolute Gasteiger partial charge is 0.494 e. The third-order valence-corrected chi connectivity index (χ3v) is 6.62. The summed E-state index contributed by atoms with van der Waals surface area (Å²) >= 11 is 6.40. The average molecular weight is 490 g/mol. The number of fused-ring (bicyclic) bond motifs is 1. The predicted octanol–water partition coefficient (Wildman–Crippen LogP) is 4.98. The molecule has 0 saturated carbocycles. The van der Waals surface area contributed by atoms with E-state index in [-0.39, 0.29) is 11.8 Å². The Bertz CT molecular complexity index is 1340. The van der Waals surface area contributed by atoms with Gasteiger partial charge in [-0.1, -0.05) is 41.9 Å². The number of nitrogens with zero attached hydrogens (tertiary/aromatic N) is 4. The quantitative estimate of drug-likeness (QED) is 0.396. The highest BCUT2D eigenvalue weighted by molar-refractivity contribution is 6.33. The first-order valence-electron chi connectivity index (χ1n) is 12.0. The molecule has 1 atom stereocenters. The molecule has 5 rings (SSSR count). The van der Waals surface area contributed by atoms with E-state index in [2.05, 4.69) is 15.2 Å². The fraction of sp³-hybridized carbons (Fsp3) is 0.296. The third-order valence-electron chi connectivity index (χ3n) is 6.29. The highest BCUT2D eigenvalue weighted by Gasteiger charge is 2.28. The van der Waals surface area contributed by atoms with Gasteiger partial charge in [0.15, 0.2) is 5.82 Å². The predicted molar refractivity (Wildman–Crippen MR) is 138 cm³/mol. The van der Waals surface area contributed by atoms with Gasteiger partial charge in [0.2, 0.25) is 5.91 Å². The second-order valence-corrected chi connectivity index (χ2v) is 9.08. The molecule has 35 heavy (non-hydrogen) atoms. The van der Waals surface area contributed by atoms with Crippen LogP contribution in [0.2, 0.25) is 5.02 Å². The maximum Gasteiger partial charge on any atom is 0.225 e. The summed E-state index contributed by atoms with van der Waals surface area (Å²) < 4.78 is 7.39. The van der Waals surface area contributed by atoms with E-state index in [4.69, 9.17) is 21.4 Å². The lowest BCUT2D eigenvalue weighted by Gasteiger charge is -2.33. The van der Waals surface area contributed by atoms with Crippen LogP contribution in [-0.4, -0.2) is 40.2 Å². The molecule has 0 spiro atoms. The molecule has 3 heterocycles. The van der Waals surface area contributed by atoms with E-state index >= 15 is 0 Å². The number of nitrogens with one attached hydrogen (secondary N) is 1. The second-order valence-electron chi connectivity index (χ2n) is 8.67. The first kappa shape index (κ1) is 23.2. The van der Waals surface area contributed by atoms with Crippen LogP contribution < -0.4 is 15.0 Å². The summed E-state index contributed by atoms with van der Waals surface area (Å²) in [5.41, 5.74) is 3.60. The molecule has 0 radical (unpaired) electrons. The second kappa shape index (κ2) is 10.4. The van der Waals surface area contributed by atoms with Crippen molar-refractivity contribution in [3.8, 4) is 17.0 Å². The molecule has 7 nitrogen and oxygen atoms in total. The van der Waals surface area contributed by atoms with Crippen LogP contribution in [-0.2, 0) is 11.3 Å². The minimum Gasteiger partial charge on any atom is -0.494 e. The van der Waals surface area contributed by atoms with Crippen LogP contribution in [0.5, 0.6) is 5.75 Å². The summed E-state index contributed by atoms with van der Waals surface area (Å²) in [4.78, 5) is 19.9. The number of anilines is 1. The zero-order valence-corrected chi connectivity index (χ0v) is 20.4. The van der Waals surface area contributed by atoms with Crippen LogP contribution in [0.25, 0.3) is 16.8 Å². The van der Waals surface area contributed by atoms with Gasteiger partial charge in [-0.15, -0.1) is 0 Å². The minimum absolute atomic E-state index is 0.0636. The molecule has 2 aromatic carbocycles. The van der Waals surface area contributed by atoms with Crippen LogP contribution in [0.4, 0.5) is 5.82 Å². The number of piperidine rings is 1. The van der Waals surface area contributed by atoms with Gasteiger partial charge in [-0.05, 0) is 49.6 Å². The van der Waals surface area contributed by atoms with Gasteiger partial charge >= 0.3 is 0 Å². The highest BCUT2D eigenvalue weighted by Crippen LogP contribution is 2.31. The van der Waals surface area contributed by atoms with Gasteiger partial charge in [-0.2, -0.15) is 5.10 Å². The fourth-order valence-electron chi connectivity index (χ4n) is 4.58. The van der Waals surface area contributed by atoms with Gasteiger partial charge in [0.05, 0.1) is 23.2 Å². The molecule has 1 fully saturated rings. The molecular weight excluding hydrogens is 462 g/mol. The molecule has 1 aliphatic rings. The molecule has 1 N–H and O–H groups in total. The molecule has 1 aliphatic heterocycles. The van der Waals surface area contributed by atoms with Crippen molar-refractivity contribution in [3.63, 3.8) is 0 Å². The maximum atomic E-state index is 13.0. The fourth-order valence-corrected chi connectivity index (χ4v) is 4.81. The van der Waals surface area contributed by atoms with Gasteiger partial charge in [0.1, 0.15) is 11.3 Å². The lowest BCUT2D eigenvalue weighted by atomic mass is 9.97. The van der Waals surface area contributed by atoms with E-state index in [0.29, 0.717) is 24.7 Å². The van der Waals surface area contributed by atoms with Crippen molar-refractivity contribution in [2.45, 2.75) is 26.3 Å². The first-order valence-corrected chi connectivity index (χ1v) is 12.3. The SMILES string of the molecule is CCOc1cccc(CNC(=O)[C@@H]2CCCN(c3nccn4nc(-c5ccccc5Cl)cc34)C2)c1. The van der Waals surface area contributed by atoms with Crippen molar-refractivity contribution in [2.75, 3.05) is 24.6 Å². The van der Waals surface area contributed by atoms with Crippen LogP contribution in [0, 0.1) is 5.92 Å². The van der Waals surface area contributed by atoms with E-state index in [1.54, 1.807) is 6.20 Å². The van der Waals surface area contributed by atoms with Gasteiger partial charge in [-0.3, -0.25) is 4.79 Å². The Hall–Kier alpha value is -3.58. The summed E-state index contributed by atoms with van der Waals surface area (Å²) in [5, 5.41) is 8.48. The summed E-state index contributed by atoms with van der Waals surface area (Å²) in [6.07, 6.45) is 5.37. The minimum atomic E-state index is -0.105. The van der Waals surface area contributed by atoms with Crippen molar-refractivity contribution in [2.24, 2.45) is 5.92 Å². The Balaban J connectivity index is 1.30. The van der Waals surface area contributed by atoms with Gasteiger partial charge < -0.3 is 15.0 Å². The number of carbonyl (C=O) groups is 1. The zero-order valence-electron chi connectivity index (χ0n) is 19.7. The Morgan fingerprint density at radius 3 is 2.94 bits per heavy atom. The molecule has 0 aliphatic carbocycles. The van der Waals surface area contributed by atoms with E-state index in [9.17, 15) is 4.79 Å². The van der Waals surface area contributed by atoms with Gasteiger partial charge in [-0.25, -0.2) is 9.50 Å². The van der Waals surface area contributed by atoms with E-state index < -0.39 is 0 Å². The van der Waals surface area contributed by atoms with Crippen molar-refractivity contribution in [1.82, 2.24) is 19.9 Å². The molecule has 2 aromatic heterocycles. The number of halogens is 1. The van der Waals surface area contributed by atoms with Crippen LogP contribution in [0.3, 0.4) is 0 Å². The topological polar surface area (TPSA) is 71.8 Å². The number of rotatable bonds is 7. The molecule has 180 valence electrons. The zero-order chi connectivity index (χ0) is 24.2. The summed E-state index contributed by atoms with van der Waals surface area (Å²) in [5.74, 6) is 1.61. The molecular formula is C27H28ClN5O2. The summed E-state index contributed by atoms with van der Waals surface area (Å²) in [6, 6.07) is 17.5. The van der Waals surface area contributed by atoms with Crippen molar-refractivity contribution >= 4 is 28.8 Å². The van der Waals surface area contributed by atoms with Gasteiger partial charge in [0, 0.05) is 37.6 Å². The maximum absolute atomic E-state index is 13.0. The van der Waals surface area contributed by atoms with Crippen molar-refractivity contribution in [3.05, 3.63) is 77.6 Å². The third kappa shape index (κ3) is 5.10. The van der Waals surface area contributed by atoms with E-state index in [0.717, 1.165) is 53.3 Å². The van der Waals surface area contributed by atoms with Crippen LogP contribution in [0.1, 0.15) is 25.3 Å². The molecule has 4 aromatic rings. The number of aromatic nitrogens is 3. The number of ether oxygens (including phenoxy) is 1. The number of hydrogen-bond donors (Lipinski definition) is 1. The molecule has 8 heteroatoms. The normalized spacial score (nSPS) is 15.8. The van der Waals surface area contributed by atoms with E-state index in [1.807, 2.05) is 72.2 Å². The standard InChI is InChI=1S/C27H28ClN5O2/c1-2-35-21-9-5-7-19(15-21)17-30-27(34)20-8-6-13-32(18-20)26-25-16-24(31-33(25)14-12-29-26)22-10-3-4-11-23(22)28/h3-5,7,9-12,14-16,20H,2,6,8,13,17-18H2,1H3,(H,30,34)/t20-/m1/s1. The Labute approximate surface area is 209 Å². The monoisotopic (exact) mass is 489 g/mol. The van der Waals surface area contributed by atoms with Crippen LogP contribution >= 0.6 is 11.6 Å². The molecule has 1 amide bonds. The smallest absolute Gasteiger partial charge is 0.225 e. The number of carbonyl (C=O) groups excluding carboxylic acids is 1. The number of hydrogen-bond acceptors (Lipinski definition) is 5. The van der Waals surface area contributed by atoms with Crippen molar-refractivity contribution < 1.29 is 9.53 Å². The first-order chi connectivity index (χ1) is 17.1. The van der Waals surface area contributed by atoms with E-state index in [1.165, 1.54) is 0 Å². The number of benzene rings is 2. The van der Waals surface area contributed by atoms with Gasteiger partial charge in [0.25, 0.3) is 0 Å². The number of amides is 1. The lowest BCUT2D eigenvalue weighted by Crippen LogP contribution is -2.43. The average Bonchev–Trinajstić information content (AvgIpc) is 3.32. The van der Waals surface area contributed by atoms with Crippen LogP contribution in [0.15, 0.2) is 67.0 Å². The summed E-state index contributed by atoms with van der Waals surface area (Å²) in [7, 11) is 0. The highest BCUT2D eigenvalue weighted by atomic mass is 35.5. The lowest BCUT2D eigenvalue weighted by molar-refractivity contribution is -0.125. The Morgan fingerprint density at radius 2 is 2.09 bits per heavy atom. The molecule has 0 unspecified atom stereocenters. The molecule has 0 bridgehead atoms. The Morgan fingerprint density at radius 1 is 1.20 bits per heavy atom. The molecule has 1 saturated heterocycles. The summed E-state index contributed by atoms with van der Waals surface area (Å²) in [6.45, 7) is 4.52.